The van der Waals surface area contributed by atoms with Crippen LogP contribution in [0.3, 0.4) is 0 Å². The van der Waals surface area contributed by atoms with Crippen molar-refractivity contribution in [2.75, 3.05) is 26.2 Å². The van der Waals surface area contributed by atoms with E-state index in [1.165, 1.54) is 0 Å². The van der Waals surface area contributed by atoms with Gasteiger partial charge in [-0.2, -0.15) is 0 Å². The van der Waals surface area contributed by atoms with Crippen LogP contribution in [0.25, 0.3) is 0 Å². The Morgan fingerprint density at radius 1 is 1.39 bits per heavy atom. The molecule has 1 N–H and O–H groups in total. The minimum atomic E-state index is -0.379. The lowest BCUT2D eigenvalue weighted by atomic mass is 10.1. The molecule has 0 aromatic heterocycles. The summed E-state index contributed by atoms with van der Waals surface area (Å²) in [6.07, 6.45) is 1.97. The van der Waals surface area contributed by atoms with Crippen molar-refractivity contribution in [3.63, 3.8) is 0 Å². The molecule has 18 heavy (non-hydrogen) atoms. The minimum absolute atomic E-state index is 0.139. The molecule has 1 heterocycles. The third kappa shape index (κ3) is 3.27. The number of hydrogen-bond donors (Lipinski definition) is 1. The summed E-state index contributed by atoms with van der Waals surface area (Å²) < 4.78 is 0. The van der Waals surface area contributed by atoms with Crippen molar-refractivity contribution in [3.05, 3.63) is 39.9 Å². The highest BCUT2D eigenvalue weighted by Gasteiger charge is 2.20. The second kappa shape index (κ2) is 5.93. The number of nitrogens with zero attached hydrogens (tertiary/aromatic N) is 2. The maximum atomic E-state index is 10.5. The average molecular weight is 250 g/mol. The van der Waals surface area contributed by atoms with E-state index in [0.29, 0.717) is 5.92 Å². The van der Waals surface area contributed by atoms with Crippen LogP contribution in [-0.2, 0) is 6.42 Å². The summed E-state index contributed by atoms with van der Waals surface area (Å²) in [6.45, 7) is 3.23. The van der Waals surface area contributed by atoms with E-state index in [0.717, 1.165) is 38.0 Å². The van der Waals surface area contributed by atoms with Gasteiger partial charge in [0.1, 0.15) is 0 Å². The van der Waals surface area contributed by atoms with E-state index in [4.69, 9.17) is 5.11 Å². The predicted octanol–water partition coefficient (Wildman–Crippen LogP) is 1.45. The van der Waals surface area contributed by atoms with Gasteiger partial charge in [0.05, 0.1) is 4.92 Å². The van der Waals surface area contributed by atoms with Crippen LogP contribution in [0.15, 0.2) is 24.3 Å². The highest BCUT2D eigenvalue weighted by Crippen LogP contribution is 2.17. The standard InChI is InChI=1S/C13H18N2O3/c16-10-12-6-8-14(9-12)7-5-11-1-3-13(4-2-11)15(17)18/h1-4,12,16H,5-10H2. The van der Waals surface area contributed by atoms with Gasteiger partial charge in [0.2, 0.25) is 0 Å². The number of aliphatic hydroxyl groups is 1. The summed E-state index contributed by atoms with van der Waals surface area (Å²) in [4.78, 5) is 12.5. The summed E-state index contributed by atoms with van der Waals surface area (Å²) in [7, 11) is 0. The van der Waals surface area contributed by atoms with Crippen molar-refractivity contribution in [3.8, 4) is 0 Å². The van der Waals surface area contributed by atoms with Gasteiger partial charge in [-0.15, -0.1) is 0 Å². The van der Waals surface area contributed by atoms with Crippen LogP contribution in [0.4, 0.5) is 5.69 Å². The van der Waals surface area contributed by atoms with Crippen LogP contribution in [0, 0.1) is 16.0 Å². The van der Waals surface area contributed by atoms with Crippen molar-refractivity contribution >= 4 is 5.69 Å². The topological polar surface area (TPSA) is 66.6 Å². The fourth-order valence-corrected chi connectivity index (χ4v) is 2.34. The number of non-ortho nitro benzene ring substituents is 1. The minimum Gasteiger partial charge on any atom is -0.396 e. The van der Waals surface area contributed by atoms with Gasteiger partial charge in [-0.3, -0.25) is 10.1 Å². The first-order chi connectivity index (χ1) is 8.69. The van der Waals surface area contributed by atoms with Crippen LogP contribution in [0.5, 0.6) is 0 Å². The zero-order valence-electron chi connectivity index (χ0n) is 10.3. The van der Waals surface area contributed by atoms with Gasteiger partial charge in [-0.25, -0.2) is 0 Å². The molecule has 1 atom stereocenters. The highest BCUT2D eigenvalue weighted by molar-refractivity contribution is 5.32. The Hall–Kier alpha value is -1.46. The Bertz CT molecular complexity index is 405. The Balaban J connectivity index is 1.82. The summed E-state index contributed by atoms with van der Waals surface area (Å²) in [5.74, 6) is 0.418. The molecule has 0 spiro atoms. The summed E-state index contributed by atoms with van der Waals surface area (Å²) in [5, 5.41) is 19.6. The molecular weight excluding hydrogens is 232 g/mol. The number of nitro benzene ring substituents is 1. The SMILES string of the molecule is O=[N+]([O-])c1ccc(CCN2CCC(CO)C2)cc1. The maximum Gasteiger partial charge on any atom is 0.269 e. The van der Waals surface area contributed by atoms with Crippen molar-refractivity contribution < 1.29 is 10.0 Å². The normalized spacial score (nSPS) is 20.2. The van der Waals surface area contributed by atoms with Crippen molar-refractivity contribution in [1.29, 1.82) is 0 Å². The van der Waals surface area contributed by atoms with E-state index < -0.39 is 0 Å². The van der Waals surface area contributed by atoms with Crippen molar-refractivity contribution in [1.82, 2.24) is 4.90 Å². The molecule has 1 aliphatic rings. The Morgan fingerprint density at radius 3 is 2.67 bits per heavy atom. The molecule has 1 saturated heterocycles. The fourth-order valence-electron chi connectivity index (χ4n) is 2.34. The smallest absolute Gasteiger partial charge is 0.269 e. The third-order valence-electron chi connectivity index (χ3n) is 3.49. The first-order valence-electron chi connectivity index (χ1n) is 6.25. The third-order valence-corrected chi connectivity index (χ3v) is 3.49. The Morgan fingerprint density at radius 2 is 2.11 bits per heavy atom. The van der Waals surface area contributed by atoms with E-state index in [-0.39, 0.29) is 17.2 Å². The maximum absolute atomic E-state index is 10.5. The van der Waals surface area contributed by atoms with Crippen LogP contribution >= 0.6 is 0 Å². The van der Waals surface area contributed by atoms with E-state index >= 15 is 0 Å². The molecule has 1 fully saturated rings. The van der Waals surface area contributed by atoms with Gasteiger partial charge >= 0.3 is 0 Å². The Kier molecular flexibility index (Phi) is 4.28. The molecule has 5 heteroatoms. The predicted molar refractivity (Wildman–Crippen MR) is 68.4 cm³/mol. The van der Waals surface area contributed by atoms with Gasteiger partial charge in [0.25, 0.3) is 5.69 Å². The van der Waals surface area contributed by atoms with Gasteiger partial charge in [-0.1, -0.05) is 12.1 Å². The number of rotatable bonds is 5. The van der Waals surface area contributed by atoms with E-state index in [1.54, 1.807) is 12.1 Å². The fraction of sp³-hybridized carbons (Fsp3) is 0.538. The summed E-state index contributed by atoms with van der Waals surface area (Å²) >= 11 is 0. The highest BCUT2D eigenvalue weighted by atomic mass is 16.6. The van der Waals surface area contributed by atoms with Crippen LogP contribution in [0.1, 0.15) is 12.0 Å². The van der Waals surface area contributed by atoms with Crippen molar-refractivity contribution in [2.24, 2.45) is 5.92 Å². The summed E-state index contributed by atoms with van der Waals surface area (Å²) in [6, 6.07) is 6.74. The molecule has 1 aromatic carbocycles. The van der Waals surface area contributed by atoms with Crippen LogP contribution in [-0.4, -0.2) is 41.2 Å². The van der Waals surface area contributed by atoms with Gasteiger partial charge in [-0.05, 0) is 30.9 Å². The first kappa shape index (κ1) is 13.0. The zero-order valence-corrected chi connectivity index (χ0v) is 10.3. The van der Waals surface area contributed by atoms with Gasteiger partial charge < -0.3 is 10.0 Å². The summed E-state index contributed by atoms with van der Waals surface area (Å²) in [5.41, 5.74) is 1.26. The molecule has 98 valence electrons. The number of nitro groups is 1. The second-order valence-electron chi connectivity index (χ2n) is 4.81. The first-order valence-corrected chi connectivity index (χ1v) is 6.25. The molecule has 1 aromatic rings. The van der Waals surface area contributed by atoms with E-state index in [9.17, 15) is 10.1 Å². The molecule has 0 radical (unpaired) electrons. The molecule has 0 saturated carbocycles. The lowest BCUT2D eigenvalue weighted by Crippen LogP contribution is -2.24. The number of likely N-dealkylation sites (tertiary alicyclic amines) is 1. The molecule has 5 nitrogen and oxygen atoms in total. The number of hydrogen-bond acceptors (Lipinski definition) is 4. The molecule has 1 unspecified atom stereocenters. The zero-order chi connectivity index (χ0) is 13.0. The van der Waals surface area contributed by atoms with Gasteiger partial charge in [0, 0.05) is 31.8 Å². The second-order valence-corrected chi connectivity index (χ2v) is 4.81. The lowest BCUT2D eigenvalue weighted by Gasteiger charge is -2.15. The largest absolute Gasteiger partial charge is 0.396 e. The van der Waals surface area contributed by atoms with Crippen molar-refractivity contribution in [2.45, 2.75) is 12.8 Å². The molecule has 0 amide bonds. The molecule has 1 aliphatic heterocycles. The molecule has 0 bridgehead atoms. The monoisotopic (exact) mass is 250 g/mol. The van der Waals surface area contributed by atoms with Crippen LogP contribution < -0.4 is 0 Å². The molecular formula is C13H18N2O3. The number of aliphatic hydroxyl groups excluding tert-OH is 1. The quantitative estimate of drug-likeness (QED) is 0.634. The number of benzene rings is 1. The lowest BCUT2D eigenvalue weighted by molar-refractivity contribution is -0.384. The van der Waals surface area contributed by atoms with E-state index in [2.05, 4.69) is 4.90 Å². The molecule has 0 aliphatic carbocycles. The Labute approximate surface area is 106 Å². The average Bonchev–Trinajstić information content (AvgIpc) is 2.85. The van der Waals surface area contributed by atoms with E-state index in [1.807, 2.05) is 12.1 Å². The van der Waals surface area contributed by atoms with Gasteiger partial charge in [0.15, 0.2) is 0 Å². The molecule has 2 rings (SSSR count). The van der Waals surface area contributed by atoms with Crippen LogP contribution in [0.2, 0.25) is 0 Å².